The van der Waals surface area contributed by atoms with Crippen LogP contribution < -0.4 is 5.32 Å². The quantitative estimate of drug-likeness (QED) is 0.451. The Bertz CT molecular complexity index is 1160. The van der Waals surface area contributed by atoms with E-state index in [0.717, 1.165) is 32.7 Å². The standard InChI is InChI=1S/C27H25NO3/c1-18(27(30)31)28-26(29)23(16-21-12-6-10-19-8-2-4-14-24(19)21)17-22-13-7-11-20-9-3-5-15-25(20)22/h2-15,18,23H,16-17H2,1H3,(H,28,29)(H,30,31). The molecule has 0 aliphatic rings. The van der Waals surface area contributed by atoms with E-state index in [1.165, 1.54) is 6.92 Å². The van der Waals surface area contributed by atoms with Crippen molar-refractivity contribution in [2.45, 2.75) is 25.8 Å². The topological polar surface area (TPSA) is 66.4 Å². The van der Waals surface area contributed by atoms with Gasteiger partial charge in [0.2, 0.25) is 5.91 Å². The molecule has 1 amide bonds. The van der Waals surface area contributed by atoms with Gasteiger partial charge in [-0.15, -0.1) is 0 Å². The molecule has 0 bridgehead atoms. The second-order valence-electron chi connectivity index (χ2n) is 7.95. The first-order valence-corrected chi connectivity index (χ1v) is 10.5. The number of carbonyl (C=O) groups excluding carboxylic acids is 1. The molecule has 0 saturated carbocycles. The number of nitrogens with one attached hydrogen (secondary N) is 1. The third-order valence-corrected chi connectivity index (χ3v) is 5.79. The largest absolute Gasteiger partial charge is 0.480 e. The van der Waals surface area contributed by atoms with Crippen molar-refractivity contribution in [1.82, 2.24) is 5.32 Å². The number of hydrogen-bond acceptors (Lipinski definition) is 2. The van der Waals surface area contributed by atoms with E-state index in [0.29, 0.717) is 12.8 Å². The number of fused-ring (bicyclic) bond motifs is 2. The molecule has 0 spiro atoms. The molecule has 4 aromatic rings. The lowest BCUT2D eigenvalue weighted by molar-refractivity contribution is -0.141. The Morgan fingerprint density at radius 2 is 1.19 bits per heavy atom. The fourth-order valence-corrected chi connectivity index (χ4v) is 4.12. The molecule has 31 heavy (non-hydrogen) atoms. The molecule has 0 radical (unpaired) electrons. The number of aliphatic carboxylic acids is 1. The van der Waals surface area contributed by atoms with Crippen LogP contribution in [0.3, 0.4) is 0 Å². The zero-order chi connectivity index (χ0) is 21.8. The number of carbonyl (C=O) groups is 2. The maximum absolute atomic E-state index is 13.2. The Kier molecular flexibility index (Phi) is 5.99. The highest BCUT2D eigenvalue weighted by Gasteiger charge is 2.24. The Morgan fingerprint density at radius 1 is 0.742 bits per heavy atom. The lowest BCUT2D eigenvalue weighted by Crippen LogP contribution is -2.42. The first-order valence-electron chi connectivity index (χ1n) is 10.5. The zero-order valence-corrected chi connectivity index (χ0v) is 17.4. The molecule has 4 heteroatoms. The van der Waals surface area contributed by atoms with E-state index in [-0.39, 0.29) is 5.91 Å². The third-order valence-electron chi connectivity index (χ3n) is 5.79. The van der Waals surface area contributed by atoms with Crippen molar-refractivity contribution in [2.24, 2.45) is 5.92 Å². The fourth-order valence-electron chi connectivity index (χ4n) is 4.12. The number of amides is 1. The summed E-state index contributed by atoms with van der Waals surface area (Å²) in [5.74, 6) is -1.67. The second-order valence-corrected chi connectivity index (χ2v) is 7.95. The second kappa shape index (κ2) is 9.00. The van der Waals surface area contributed by atoms with Crippen molar-refractivity contribution in [3.05, 3.63) is 96.1 Å². The SMILES string of the molecule is CC(NC(=O)C(Cc1cccc2ccccc12)Cc1cccc2ccccc12)C(=O)O. The van der Waals surface area contributed by atoms with E-state index < -0.39 is 17.9 Å². The molecular weight excluding hydrogens is 386 g/mol. The van der Waals surface area contributed by atoms with Gasteiger partial charge in [-0.1, -0.05) is 84.9 Å². The molecule has 0 aromatic heterocycles. The fraction of sp³-hybridized carbons (Fsp3) is 0.185. The summed E-state index contributed by atoms with van der Waals surface area (Å²) in [4.78, 5) is 24.5. The minimum absolute atomic E-state index is 0.240. The van der Waals surface area contributed by atoms with Crippen molar-refractivity contribution in [3.8, 4) is 0 Å². The molecule has 156 valence electrons. The van der Waals surface area contributed by atoms with Gasteiger partial charge in [-0.25, -0.2) is 0 Å². The van der Waals surface area contributed by atoms with Gasteiger partial charge in [0.25, 0.3) is 0 Å². The normalized spacial score (nSPS) is 12.2. The Balaban J connectivity index is 1.70. The van der Waals surface area contributed by atoms with Crippen LogP contribution >= 0.6 is 0 Å². The van der Waals surface area contributed by atoms with Gasteiger partial charge in [-0.2, -0.15) is 0 Å². The van der Waals surface area contributed by atoms with Crippen LogP contribution in [0.25, 0.3) is 21.5 Å². The van der Waals surface area contributed by atoms with E-state index in [2.05, 4.69) is 41.7 Å². The lowest BCUT2D eigenvalue weighted by atomic mass is 9.88. The van der Waals surface area contributed by atoms with Crippen LogP contribution in [0.5, 0.6) is 0 Å². The van der Waals surface area contributed by atoms with Gasteiger partial charge in [-0.3, -0.25) is 9.59 Å². The highest BCUT2D eigenvalue weighted by molar-refractivity contribution is 5.89. The van der Waals surface area contributed by atoms with E-state index >= 15 is 0 Å². The average molecular weight is 412 g/mol. The maximum atomic E-state index is 13.2. The predicted molar refractivity (Wildman–Crippen MR) is 124 cm³/mol. The minimum atomic E-state index is -1.04. The Morgan fingerprint density at radius 3 is 1.68 bits per heavy atom. The van der Waals surface area contributed by atoms with Crippen molar-refractivity contribution in [2.75, 3.05) is 0 Å². The summed E-state index contributed by atoms with van der Waals surface area (Å²) in [5.41, 5.74) is 2.17. The molecule has 1 atom stereocenters. The van der Waals surface area contributed by atoms with Gasteiger partial charge in [0.05, 0.1) is 0 Å². The van der Waals surface area contributed by atoms with Gasteiger partial charge in [0.1, 0.15) is 6.04 Å². The highest BCUT2D eigenvalue weighted by atomic mass is 16.4. The van der Waals surface area contributed by atoms with Gasteiger partial charge in [0.15, 0.2) is 0 Å². The number of carboxylic acid groups (broad SMARTS) is 1. The Hall–Kier alpha value is -3.66. The number of hydrogen-bond donors (Lipinski definition) is 2. The monoisotopic (exact) mass is 411 g/mol. The molecule has 4 rings (SSSR count). The molecule has 1 unspecified atom stereocenters. The van der Waals surface area contributed by atoms with Crippen LogP contribution in [0, 0.1) is 5.92 Å². The van der Waals surface area contributed by atoms with Crippen molar-refractivity contribution < 1.29 is 14.7 Å². The Labute approximate surface area is 181 Å². The van der Waals surface area contributed by atoms with Gasteiger partial charge >= 0.3 is 5.97 Å². The minimum Gasteiger partial charge on any atom is -0.480 e. The summed E-state index contributed by atoms with van der Waals surface area (Å²) < 4.78 is 0. The summed E-state index contributed by atoms with van der Waals surface area (Å²) in [6.07, 6.45) is 1.06. The molecule has 0 aliphatic carbocycles. The molecule has 0 aliphatic heterocycles. The summed E-state index contributed by atoms with van der Waals surface area (Å²) in [6, 6.07) is 27.5. The smallest absolute Gasteiger partial charge is 0.325 e. The predicted octanol–water partition coefficient (Wildman–Crippen LogP) is 4.98. The van der Waals surface area contributed by atoms with Crippen molar-refractivity contribution in [1.29, 1.82) is 0 Å². The molecule has 0 fully saturated rings. The average Bonchev–Trinajstić information content (AvgIpc) is 2.79. The van der Waals surface area contributed by atoms with E-state index in [9.17, 15) is 14.7 Å². The molecule has 0 heterocycles. The summed E-state index contributed by atoms with van der Waals surface area (Å²) in [5, 5.41) is 16.4. The van der Waals surface area contributed by atoms with E-state index in [1.807, 2.05) is 48.5 Å². The summed E-state index contributed by atoms with van der Waals surface area (Å²) in [7, 11) is 0. The lowest BCUT2D eigenvalue weighted by Gasteiger charge is -2.20. The third kappa shape index (κ3) is 4.58. The maximum Gasteiger partial charge on any atom is 0.325 e. The summed E-state index contributed by atoms with van der Waals surface area (Å²) >= 11 is 0. The first kappa shape index (κ1) is 20.6. The van der Waals surface area contributed by atoms with Crippen molar-refractivity contribution in [3.63, 3.8) is 0 Å². The molecule has 4 nitrogen and oxygen atoms in total. The van der Waals surface area contributed by atoms with Crippen LogP contribution in [-0.2, 0) is 22.4 Å². The van der Waals surface area contributed by atoms with Crippen LogP contribution in [0.15, 0.2) is 84.9 Å². The number of carboxylic acids is 1. The van der Waals surface area contributed by atoms with Crippen molar-refractivity contribution >= 4 is 33.4 Å². The highest BCUT2D eigenvalue weighted by Crippen LogP contribution is 2.26. The number of rotatable bonds is 7. The molecular formula is C27H25NO3. The van der Waals surface area contributed by atoms with Gasteiger partial charge in [0, 0.05) is 5.92 Å². The molecule has 2 N–H and O–H groups in total. The van der Waals surface area contributed by atoms with Gasteiger partial charge in [-0.05, 0) is 52.4 Å². The van der Waals surface area contributed by atoms with Crippen LogP contribution in [0.1, 0.15) is 18.1 Å². The van der Waals surface area contributed by atoms with E-state index in [1.54, 1.807) is 0 Å². The van der Waals surface area contributed by atoms with Crippen LogP contribution in [-0.4, -0.2) is 23.0 Å². The van der Waals surface area contributed by atoms with Crippen LogP contribution in [0.4, 0.5) is 0 Å². The molecule has 4 aromatic carbocycles. The van der Waals surface area contributed by atoms with Crippen LogP contribution in [0.2, 0.25) is 0 Å². The van der Waals surface area contributed by atoms with Gasteiger partial charge < -0.3 is 10.4 Å². The first-order chi connectivity index (χ1) is 15.0. The van der Waals surface area contributed by atoms with E-state index in [4.69, 9.17) is 0 Å². The molecule has 0 saturated heterocycles. The zero-order valence-electron chi connectivity index (χ0n) is 17.4. The number of benzene rings is 4. The summed E-state index contributed by atoms with van der Waals surface area (Å²) in [6.45, 7) is 1.49.